The molecule has 0 atom stereocenters. The van der Waals surface area contributed by atoms with Crippen molar-refractivity contribution in [2.75, 3.05) is 0 Å². The molecule has 0 aromatic rings. The SMILES string of the molecule is [C-]#N.[C-]#N.[C-]#N.[C-]#N.[Na+].[Na+].[Zn+2]. The summed E-state index contributed by atoms with van der Waals surface area (Å²) in [5.74, 6) is 0. The van der Waals surface area contributed by atoms with Gasteiger partial charge in [-0.15, -0.1) is 0 Å². The van der Waals surface area contributed by atoms with E-state index in [1.165, 1.54) is 0 Å². The summed E-state index contributed by atoms with van der Waals surface area (Å²) < 4.78 is 0. The number of rotatable bonds is 0. The van der Waals surface area contributed by atoms with Gasteiger partial charge in [0.25, 0.3) is 0 Å². The average Bonchev–Trinajstić information content (AvgIpc) is 2.03. The van der Waals surface area contributed by atoms with E-state index >= 15 is 0 Å². The van der Waals surface area contributed by atoms with Crippen LogP contribution in [0.5, 0.6) is 0 Å². The Morgan fingerprint density at radius 3 is 0.455 bits per heavy atom. The third-order valence-electron chi connectivity index (χ3n) is 0. The smallest absolute Gasteiger partial charge is 0.512 e. The van der Waals surface area contributed by atoms with E-state index in [9.17, 15) is 0 Å². The maximum atomic E-state index is 6.25. The fourth-order valence-corrected chi connectivity index (χ4v) is 0. The number of nitrogens with zero attached hydrogens (tertiary/aromatic N) is 4. The van der Waals surface area contributed by atoms with Crippen LogP contribution in [0.15, 0.2) is 0 Å². The van der Waals surface area contributed by atoms with Crippen LogP contribution in [0.2, 0.25) is 0 Å². The van der Waals surface area contributed by atoms with Crippen molar-refractivity contribution >= 4 is 0 Å². The molecule has 0 unspecified atom stereocenters. The second-order valence-corrected chi connectivity index (χ2v) is 0. The molecule has 0 fully saturated rings. The summed E-state index contributed by atoms with van der Waals surface area (Å²) >= 11 is 0. The summed E-state index contributed by atoms with van der Waals surface area (Å²) in [6.07, 6.45) is 0. The first-order chi connectivity index (χ1) is 4.00. The molecule has 0 amide bonds. The third kappa shape index (κ3) is 2290. The Kier molecular flexibility index (Phi) is 16000. The van der Waals surface area contributed by atoms with Crippen LogP contribution in [0.4, 0.5) is 0 Å². The summed E-state index contributed by atoms with van der Waals surface area (Å²) in [5.41, 5.74) is 0. The number of hydrogen-bond acceptors (Lipinski definition) is 4. The topological polar surface area (TPSA) is 95.2 Å². The first-order valence-corrected chi connectivity index (χ1v) is 0.894. The second kappa shape index (κ2) is 2860. The predicted molar refractivity (Wildman–Crippen MR) is 19.9 cm³/mol. The zero-order valence-electron chi connectivity index (χ0n) is 6.50. The molecule has 0 saturated carbocycles. The normalized spacial score (nSPS) is 0.727. The standard InChI is InChI=1S/4CN.2Na.Zn/c4*1-2;;;/q4*-1;2*+1;+2. The van der Waals surface area contributed by atoms with Crippen LogP contribution in [-0.2, 0) is 19.5 Å². The zero-order chi connectivity index (χ0) is 8.00. The van der Waals surface area contributed by atoms with Crippen molar-refractivity contribution in [3.8, 4) is 0 Å². The van der Waals surface area contributed by atoms with Crippen LogP contribution in [-0.4, -0.2) is 0 Å². The van der Waals surface area contributed by atoms with Crippen LogP contribution >= 0.6 is 0 Å². The second-order valence-electron chi connectivity index (χ2n) is 0. The van der Waals surface area contributed by atoms with Crippen molar-refractivity contribution in [2.45, 2.75) is 0 Å². The Morgan fingerprint density at radius 1 is 0.455 bits per heavy atom. The van der Waals surface area contributed by atoms with E-state index in [-0.39, 0.29) is 78.6 Å². The molecule has 0 bridgehead atoms. The van der Waals surface area contributed by atoms with Crippen LogP contribution in [0.3, 0.4) is 0 Å². The van der Waals surface area contributed by atoms with E-state index in [4.69, 9.17) is 47.3 Å². The minimum Gasteiger partial charge on any atom is -0.512 e. The van der Waals surface area contributed by atoms with Gasteiger partial charge in [0.1, 0.15) is 0 Å². The molecule has 11 heavy (non-hydrogen) atoms. The molecule has 4 nitrogen and oxygen atoms in total. The molecule has 0 aliphatic carbocycles. The molecule has 0 aromatic heterocycles. The van der Waals surface area contributed by atoms with E-state index in [0.717, 1.165) is 0 Å². The Bertz CT molecular complexity index is 63.1. The summed E-state index contributed by atoms with van der Waals surface area (Å²) in [7, 11) is 0. The van der Waals surface area contributed by atoms with Crippen molar-refractivity contribution in [1.29, 1.82) is 21.0 Å². The molecular weight excluding hydrogens is 215 g/mol. The molecule has 0 spiro atoms. The molecule has 0 saturated heterocycles. The Balaban J connectivity index is -0.00000000356. The molecule has 0 aliphatic heterocycles. The molecule has 0 radical (unpaired) electrons. The van der Waals surface area contributed by atoms with Crippen LogP contribution in [0.1, 0.15) is 0 Å². The minimum absolute atomic E-state index is 0. The van der Waals surface area contributed by atoms with E-state index in [1.807, 2.05) is 0 Å². The first-order valence-electron chi connectivity index (χ1n) is 0.894. The predicted octanol–water partition coefficient (Wildman–Crippen LogP) is -5.61. The van der Waals surface area contributed by atoms with E-state index in [1.54, 1.807) is 0 Å². The maximum absolute atomic E-state index is 6.25. The van der Waals surface area contributed by atoms with Gasteiger partial charge in [-0.05, 0) is 0 Å². The van der Waals surface area contributed by atoms with Crippen molar-refractivity contribution in [2.24, 2.45) is 0 Å². The van der Waals surface area contributed by atoms with Crippen LogP contribution in [0.25, 0.3) is 0 Å². The van der Waals surface area contributed by atoms with Gasteiger partial charge >= 0.3 is 78.6 Å². The molecule has 0 aliphatic rings. The summed E-state index contributed by atoms with van der Waals surface area (Å²) in [6.45, 7) is 19.0. The fraction of sp³-hybridized carbons (Fsp3) is 0. The Morgan fingerprint density at radius 2 is 0.455 bits per heavy atom. The van der Waals surface area contributed by atoms with Gasteiger partial charge in [0.15, 0.2) is 0 Å². The van der Waals surface area contributed by atoms with Gasteiger partial charge in [0.05, 0.1) is 0 Å². The summed E-state index contributed by atoms with van der Waals surface area (Å²) in [5, 5.41) is 25.0. The molecule has 7 heteroatoms. The summed E-state index contributed by atoms with van der Waals surface area (Å²) in [6, 6.07) is 0. The van der Waals surface area contributed by atoms with Crippen molar-refractivity contribution in [3.63, 3.8) is 0 Å². The van der Waals surface area contributed by atoms with Gasteiger partial charge in [-0.3, -0.25) is 0 Å². The number of hydrogen-bond donors (Lipinski definition) is 0. The van der Waals surface area contributed by atoms with Crippen LogP contribution in [0, 0.1) is 47.3 Å². The van der Waals surface area contributed by atoms with E-state index < -0.39 is 0 Å². The van der Waals surface area contributed by atoms with Gasteiger partial charge in [-0.2, -0.15) is 0 Å². The molecule has 0 N–H and O–H groups in total. The minimum atomic E-state index is 0. The fourth-order valence-electron chi connectivity index (χ4n) is 0. The van der Waals surface area contributed by atoms with Crippen molar-refractivity contribution in [3.05, 3.63) is 26.3 Å². The van der Waals surface area contributed by atoms with E-state index in [2.05, 4.69) is 0 Å². The van der Waals surface area contributed by atoms with Crippen molar-refractivity contribution < 1.29 is 78.6 Å². The Labute approximate surface area is 124 Å². The third-order valence-corrected chi connectivity index (χ3v) is 0. The Hall–Kier alpha value is 0.583. The van der Waals surface area contributed by atoms with Gasteiger partial charge in [0, 0.05) is 0 Å². The quantitative estimate of drug-likeness (QED) is 0.297. The maximum Gasteiger partial charge on any atom is 2.00 e. The van der Waals surface area contributed by atoms with Gasteiger partial charge in [0.2, 0.25) is 0 Å². The zero-order valence-corrected chi connectivity index (χ0v) is 13.5. The largest absolute Gasteiger partial charge is 2.00 e. The molecule has 0 rings (SSSR count). The average molecular weight is 215 g/mol. The van der Waals surface area contributed by atoms with Gasteiger partial charge in [-0.1, -0.05) is 0 Å². The molecule has 40 valence electrons. The monoisotopic (exact) mass is 214 g/mol. The van der Waals surface area contributed by atoms with Crippen LogP contribution < -0.4 is 59.1 Å². The summed E-state index contributed by atoms with van der Waals surface area (Å²) in [4.78, 5) is 0. The van der Waals surface area contributed by atoms with Crippen molar-refractivity contribution in [1.82, 2.24) is 0 Å². The molecular formula is C4N4Na2Zn. The van der Waals surface area contributed by atoms with E-state index in [0.29, 0.717) is 0 Å². The molecule has 0 heterocycles. The van der Waals surface area contributed by atoms with Gasteiger partial charge in [-0.25, -0.2) is 0 Å². The van der Waals surface area contributed by atoms with Gasteiger partial charge < -0.3 is 47.3 Å². The molecule has 0 aromatic carbocycles. The first kappa shape index (κ1) is 61.8.